The third-order valence-electron chi connectivity index (χ3n) is 6.09. The van der Waals surface area contributed by atoms with Crippen LogP contribution in [0.1, 0.15) is 46.8 Å². The van der Waals surface area contributed by atoms with E-state index in [0.717, 1.165) is 28.9 Å². The molecule has 1 aromatic heterocycles. The average Bonchev–Trinajstić information content (AvgIpc) is 3.16. The van der Waals surface area contributed by atoms with Crippen LogP contribution in [-0.2, 0) is 16.4 Å². The predicted octanol–water partition coefficient (Wildman–Crippen LogP) is 4.03. The molecule has 2 heterocycles. The van der Waals surface area contributed by atoms with Gasteiger partial charge in [0, 0.05) is 12.6 Å². The Bertz CT molecular complexity index is 1370. The molecule has 0 bridgehead atoms. The van der Waals surface area contributed by atoms with Crippen molar-refractivity contribution in [2.24, 2.45) is 0 Å². The summed E-state index contributed by atoms with van der Waals surface area (Å²) in [5.74, 6) is 0.111. The highest BCUT2D eigenvalue weighted by Crippen LogP contribution is 2.24. The van der Waals surface area contributed by atoms with Crippen molar-refractivity contribution in [1.29, 1.82) is 0 Å². The first kappa shape index (κ1) is 24.0. The molecule has 0 unspecified atom stereocenters. The molecule has 1 aliphatic rings. The van der Waals surface area contributed by atoms with E-state index in [2.05, 4.69) is 0 Å². The van der Waals surface area contributed by atoms with Crippen molar-refractivity contribution >= 4 is 26.7 Å². The number of amides is 1. The second-order valence-electron chi connectivity index (χ2n) is 8.92. The Morgan fingerprint density at radius 2 is 1.91 bits per heavy atom. The van der Waals surface area contributed by atoms with Crippen molar-refractivity contribution in [1.82, 2.24) is 4.90 Å². The molecule has 0 spiro atoms. The number of fused-ring (bicyclic) bond motifs is 1. The first-order valence-corrected chi connectivity index (χ1v) is 13.3. The second kappa shape index (κ2) is 9.62. The quantitative estimate of drug-likeness (QED) is 0.504. The van der Waals surface area contributed by atoms with Crippen LogP contribution in [0.4, 0.5) is 0 Å². The molecule has 1 aliphatic heterocycles. The van der Waals surface area contributed by atoms with Gasteiger partial charge in [0.25, 0.3) is 5.91 Å². The van der Waals surface area contributed by atoms with Gasteiger partial charge in [-0.15, -0.1) is 0 Å². The molecule has 0 saturated carbocycles. The molecule has 0 N–H and O–H groups in total. The molecular weight excluding hydrogens is 454 g/mol. The van der Waals surface area contributed by atoms with E-state index in [1.807, 2.05) is 51.1 Å². The van der Waals surface area contributed by atoms with Gasteiger partial charge in [-0.25, -0.2) is 8.42 Å². The number of rotatable bonds is 7. The topological polar surface area (TPSA) is 93.9 Å². The van der Waals surface area contributed by atoms with Gasteiger partial charge in [-0.05, 0) is 61.6 Å². The summed E-state index contributed by atoms with van der Waals surface area (Å²) in [4.78, 5) is 28.4. The Morgan fingerprint density at radius 1 is 1.18 bits per heavy atom. The average molecular weight is 484 g/mol. The molecular formula is C26H29NO6S. The van der Waals surface area contributed by atoms with E-state index < -0.39 is 27.2 Å². The fourth-order valence-corrected chi connectivity index (χ4v) is 6.12. The number of sulfone groups is 1. The normalized spacial score (nSPS) is 17.1. The number of carbonyl (C=O) groups excluding carboxylic acids is 1. The van der Waals surface area contributed by atoms with Crippen LogP contribution in [-0.4, -0.2) is 43.4 Å². The minimum Gasteiger partial charge on any atom is -0.494 e. The maximum Gasteiger partial charge on any atom is 0.261 e. The highest BCUT2D eigenvalue weighted by Gasteiger charge is 2.36. The first-order valence-electron chi connectivity index (χ1n) is 11.4. The van der Waals surface area contributed by atoms with Crippen LogP contribution in [0.25, 0.3) is 11.0 Å². The Kier molecular flexibility index (Phi) is 6.79. The van der Waals surface area contributed by atoms with E-state index in [9.17, 15) is 18.0 Å². The summed E-state index contributed by atoms with van der Waals surface area (Å²) in [6.07, 6.45) is 2.43. The van der Waals surface area contributed by atoms with Gasteiger partial charge < -0.3 is 14.1 Å². The van der Waals surface area contributed by atoms with Crippen molar-refractivity contribution in [2.75, 3.05) is 18.1 Å². The molecule has 2 aromatic carbocycles. The SMILES string of the molecule is CCCOc1ccc(CN(C(=O)c2coc3c(C)cc(C)cc3c2=O)[C@H]2CCS(=O)(=O)C2)cc1. The number of ether oxygens (including phenoxy) is 1. The highest BCUT2D eigenvalue weighted by molar-refractivity contribution is 7.91. The van der Waals surface area contributed by atoms with E-state index in [4.69, 9.17) is 9.15 Å². The smallest absolute Gasteiger partial charge is 0.261 e. The van der Waals surface area contributed by atoms with Gasteiger partial charge in [0.1, 0.15) is 23.2 Å². The zero-order chi connectivity index (χ0) is 24.5. The molecule has 4 rings (SSSR count). The van der Waals surface area contributed by atoms with E-state index in [1.165, 1.54) is 11.2 Å². The Morgan fingerprint density at radius 3 is 2.56 bits per heavy atom. The van der Waals surface area contributed by atoms with Gasteiger partial charge in [0.05, 0.1) is 23.5 Å². The summed E-state index contributed by atoms with van der Waals surface area (Å²) >= 11 is 0. The molecule has 8 heteroatoms. The molecule has 3 aromatic rings. The lowest BCUT2D eigenvalue weighted by Gasteiger charge is -2.28. The van der Waals surface area contributed by atoms with E-state index in [0.29, 0.717) is 24.0 Å². The summed E-state index contributed by atoms with van der Waals surface area (Å²) in [6.45, 7) is 6.55. The first-order chi connectivity index (χ1) is 16.2. The van der Waals surface area contributed by atoms with E-state index in [-0.39, 0.29) is 23.6 Å². The number of hydrogen-bond donors (Lipinski definition) is 0. The summed E-state index contributed by atoms with van der Waals surface area (Å²) in [6, 6.07) is 10.5. The fourth-order valence-electron chi connectivity index (χ4n) is 4.39. The summed E-state index contributed by atoms with van der Waals surface area (Å²) in [7, 11) is -3.24. The van der Waals surface area contributed by atoms with Gasteiger partial charge in [0.2, 0.25) is 5.43 Å². The van der Waals surface area contributed by atoms with Crippen LogP contribution >= 0.6 is 0 Å². The predicted molar refractivity (Wildman–Crippen MR) is 131 cm³/mol. The van der Waals surface area contributed by atoms with Crippen LogP contribution in [0.3, 0.4) is 0 Å². The van der Waals surface area contributed by atoms with E-state index >= 15 is 0 Å². The van der Waals surface area contributed by atoms with Gasteiger partial charge in [-0.3, -0.25) is 9.59 Å². The monoisotopic (exact) mass is 483 g/mol. The Labute approximate surface area is 199 Å². The number of nitrogens with zero attached hydrogens (tertiary/aromatic N) is 1. The van der Waals surface area contributed by atoms with Crippen molar-refractivity contribution in [3.63, 3.8) is 0 Å². The molecule has 1 atom stereocenters. The third kappa shape index (κ3) is 5.01. The molecule has 7 nitrogen and oxygen atoms in total. The Balaban J connectivity index is 1.70. The molecule has 0 radical (unpaired) electrons. The Hall–Kier alpha value is -3.13. The number of benzene rings is 2. The third-order valence-corrected chi connectivity index (χ3v) is 7.84. The second-order valence-corrected chi connectivity index (χ2v) is 11.1. The van der Waals surface area contributed by atoms with Gasteiger partial charge >= 0.3 is 0 Å². The van der Waals surface area contributed by atoms with Crippen molar-refractivity contribution in [3.05, 3.63) is 75.1 Å². The lowest BCUT2D eigenvalue weighted by Crippen LogP contribution is -2.42. The molecule has 34 heavy (non-hydrogen) atoms. The molecule has 1 amide bonds. The zero-order valence-electron chi connectivity index (χ0n) is 19.7. The van der Waals surface area contributed by atoms with Gasteiger partial charge in [-0.1, -0.05) is 25.1 Å². The van der Waals surface area contributed by atoms with Gasteiger partial charge in [0.15, 0.2) is 9.84 Å². The maximum absolute atomic E-state index is 13.6. The maximum atomic E-state index is 13.6. The van der Waals surface area contributed by atoms with Crippen LogP contribution in [0, 0.1) is 13.8 Å². The van der Waals surface area contributed by atoms with E-state index in [1.54, 1.807) is 6.07 Å². The van der Waals surface area contributed by atoms with Crippen LogP contribution < -0.4 is 10.2 Å². The summed E-state index contributed by atoms with van der Waals surface area (Å²) < 4.78 is 35.7. The molecule has 1 fully saturated rings. The standard InChI is InChI=1S/C26H29NO6S/c1-4-10-32-21-7-5-19(6-8-21)14-27(20-9-11-34(30,31)16-20)26(29)23-15-33-25-18(3)12-17(2)13-22(25)24(23)28/h5-8,12-13,15,20H,4,9-11,14,16H2,1-3H3/t20-/m0/s1. The van der Waals surface area contributed by atoms with Crippen LogP contribution in [0.2, 0.25) is 0 Å². The minimum absolute atomic E-state index is 0.0238. The number of hydrogen-bond acceptors (Lipinski definition) is 6. The van der Waals surface area contributed by atoms with Crippen molar-refractivity contribution in [2.45, 2.75) is 46.2 Å². The van der Waals surface area contributed by atoms with Crippen molar-refractivity contribution < 1.29 is 22.4 Å². The summed E-state index contributed by atoms with van der Waals surface area (Å²) in [5, 5.41) is 0.347. The van der Waals surface area contributed by atoms with Gasteiger partial charge in [-0.2, -0.15) is 0 Å². The summed E-state index contributed by atoms with van der Waals surface area (Å²) in [5.41, 5.74) is 2.47. The zero-order valence-corrected chi connectivity index (χ0v) is 20.5. The molecule has 0 aliphatic carbocycles. The highest BCUT2D eigenvalue weighted by atomic mass is 32.2. The fraction of sp³-hybridized carbons (Fsp3) is 0.385. The van der Waals surface area contributed by atoms with Crippen molar-refractivity contribution in [3.8, 4) is 5.75 Å². The lowest BCUT2D eigenvalue weighted by atomic mass is 10.0. The number of carbonyl (C=O) groups is 1. The molecule has 180 valence electrons. The number of aryl methyl sites for hydroxylation is 2. The largest absolute Gasteiger partial charge is 0.494 e. The van der Waals surface area contributed by atoms with Crippen LogP contribution in [0.5, 0.6) is 5.75 Å². The van der Waals surface area contributed by atoms with Crippen LogP contribution in [0.15, 0.2) is 51.9 Å². The molecule has 1 saturated heterocycles. The lowest BCUT2D eigenvalue weighted by molar-refractivity contribution is 0.0677. The minimum atomic E-state index is -3.24.